The lowest BCUT2D eigenvalue weighted by atomic mass is 10.2. The van der Waals surface area contributed by atoms with E-state index in [0.717, 1.165) is 11.8 Å². The molecule has 150 valence electrons. The maximum Gasteiger partial charge on any atom is 0.267 e. The van der Waals surface area contributed by atoms with Gasteiger partial charge >= 0.3 is 0 Å². The van der Waals surface area contributed by atoms with Gasteiger partial charge in [-0.2, -0.15) is 5.10 Å². The number of hydrogen-bond acceptors (Lipinski definition) is 7. The van der Waals surface area contributed by atoms with E-state index in [4.69, 9.17) is 4.42 Å². The van der Waals surface area contributed by atoms with Crippen LogP contribution in [0.5, 0.6) is 11.5 Å². The van der Waals surface area contributed by atoms with E-state index in [1.165, 1.54) is 17.4 Å². The van der Waals surface area contributed by atoms with Crippen molar-refractivity contribution < 1.29 is 19.4 Å². The van der Waals surface area contributed by atoms with Crippen LogP contribution in [0.1, 0.15) is 16.9 Å². The van der Waals surface area contributed by atoms with Gasteiger partial charge in [-0.05, 0) is 48.2 Å². The molecule has 0 spiro atoms. The summed E-state index contributed by atoms with van der Waals surface area (Å²) in [6, 6.07) is 17.0. The minimum Gasteiger partial charge on any atom is -0.507 e. The van der Waals surface area contributed by atoms with Crippen LogP contribution in [-0.2, 0) is 11.3 Å². The molecule has 0 bridgehead atoms. The number of aromatic hydroxyl groups is 2. The minimum atomic E-state index is -0.267. The van der Waals surface area contributed by atoms with Crippen LogP contribution in [0.25, 0.3) is 6.08 Å². The highest BCUT2D eigenvalue weighted by molar-refractivity contribution is 8.18. The Bertz CT molecular complexity index is 1150. The fourth-order valence-electron chi connectivity index (χ4n) is 2.77. The predicted molar refractivity (Wildman–Crippen MR) is 116 cm³/mol. The number of amidine groups is 1. The number of carbonyl (C=O) groups excluding carboxylic acids is 1. The quantitative estimate of drug-likeness (QED) is 0.367. The first kappa shape index (κ1) is 19.5. The lowest BCUT2D eigenvalue weighted by Gasteiger charge is -2.12. The molecule has 1 aromatic heterocycles. The third kappa shape index (κ3) is 4.28. The van der Waals surface area contributed by atoms with Gasteiger partial charge in [-0.25, -0.2) is 0 Å². The number of nitrogens with zero attached hydrogens (tertiary/aromatic N) is 3. The van der Waals surface area contributed by atoms with E-state index in [1.54, 1.807) is 66.7 Å². The number of thioether (sulfide) groups is 1. The van der Waals surface area contributed by atoms with Crippen LogP contribution in [0, 0.1) is 0 Å². The molecule has 0 unspecified atom stereocenters. The third-order valence-corrected chi connectivity index (χ3v) is 5.28. The number of amides is 1. The molecule has 7 nitrogen and oxygen atoms in total. The van der Waals surface area contributed by atoms with Crippen LogP contribution in [-0.4, -0.2) is 32.4 Å². The summed E-state index contributed by atoms with van der Waals surface area (Å²) in [4.78, 5) is 14.8. The van der Waals surface area contributed by atoms with Crippen LogP contribution >= 0.6 is 11.8 Å². The van der Waals surface area contributed by atoms with Crippen LogP contribution in [0.4, 0.5) is 0 Å². The fourth-order valence-corrected chi connectivity index (χ4v) is 3.69. The van der Waals surface area contributed by atoms with Crippen molar-refractivity contribution in [1.29, 1.82) is 0 Å². The number of para-hydroxylation sites is 2. The number of furan rings is 1. The summed E-state index contributed by atoms with van der Waals surface area (Å²) in [6.45, 7) is 0.196. The van der Waals surface area contributed by atoms with Gasteiger partial charge in [0, 0.05) is 11.1 Å². The summed E-state index contributed by atoms with van der Waals surface area (Å²) in [5, 5.41) is 28.5. The first-order valence-electron chi connectivity index (χ1n) is 9.02. The largest absolute Gasteiger partial charge is 0.507 e. The molecule has 1 aliphatic rings. The molecule has 3 aromatic rings. The van der Waals surface area contributed by atoms with Crippen molar-refractivity contribution in [1.82, 2.24) is 4.90 Å². The average molecular weight is 419 g/mol. The van der Waals surface area contributed by atoms with E-state index < -0.39 is 0 Å². The molecule has 2 N–H and O–H groups in total. The second-order valence-electron chi connectivity index (χ2n) is 6.33. The summed E-state index contributed by atoms with van der Waals surface area (Å²) >= 11 is 1.15. The zero-order chi connectivity index (χ0) is 20.9. The van der Waals surface area contributed by atoms with Gasteiger partial charge in [0.15, 0.2) is 5.17 Å². The van der Waals surface area contributed by atoms with Gasteiger partial charge in [-0.1, -0.05) is 30.3 Å². The molecule has 2 heterocycles. The van der Waals surface area contributed by atoms with E-state index in [0.29, 0.717) is 27.0 Å². The first-order chi connectivity index (χ1) is 14.6. The molecular weight excluding hydrogens is 402 g/mol. The molecule has 0 aliphatic carbocycles. The maximum atomic E-state index is 13.0. The van der Waals surface area contributed by atoms with Crippen molar-refractivity contribution in [2.45, 2.75) is 6.54 Å². The Morgan fingerprint density at radius 1 is 0.967 bits per heavy atom. The molecule has 1 fully saturated rings. The van der Waals surface area contributed by atoms with Gasteiger partial charge < -0.3 is 14.6 Å². The molecule has 30 heavy (non-hydrogen) atoms. The minimum absolute atomic E-state index is 0.0824. The molecular formula is C22H17N3O4S. The van der Waals surface area contributed by atoms with Crippen molar-refractivity contribution in [2.75, 3.05) is 0 Å². The Labute approximate surface area is 176 Å². The maximum absolute atomic E-state index is 13.0. The van der Waals surface area contributed by atoms with Crippen molar-refractivity contribution >= 4 is 35.1 Å². The summed E-state index contributed by atoms with van der Waals surface area (Å²) in [7, 11) is 0. The summed E-state index contributed by atoms with van der Waals surface area (Å²) in [5.74, 6) is 0.504. The van der Waals surface area contributed by atoms with Gasteiger partial charge in [-0.3, -0.25) is 9.69 Å². The molecule has 1 amide bonds. The molecule has 0 radical (unpaired) electrons. The monoisotopic (exact) mass is 419 g/mol. The number of phenolic OH excluding ortho intramolecular Hbond substituents is 2. The van der Waals surface area contributed by atoms with Crippen molar-refractivity contribution in [3.8, 4) is 11.5 Å². The summed E-state index contributed by atoms with van der Waals surface area (Å²) < 4.78 is 5.37. The number of benzene rings is 2. The first-order valence-corrected chi connectivity index (χ1v) is 9.84. The standard InChI is InChI=1S/C22H17N3O4S/c26-18-9-3-1-6-15(18)12-20-21(28)25(14-17-8-5-11-29-17)22(30-20)24-23-13-16-7-2-4-10-19(16)27/h1-13,26-27H,14H2/b20-12-,23-13-,24-22+. The Morgan fingerprint density at radius 2 is 1.67 bits per heavy atom. The zero-order valence-electron chi connectivity index (χ0n) is 15.7. The Kier molecular flexibility index (Phi) is 5.67. The highest BCUT2D eigenvalue weighted by Crippen LogP contribution is 2.35. The van der Waals surface area contributed by atoms with Crippen LogP contribution < -0.4 is 0 Å². The van der Waals surface area contributed by atoms with E-state index in [9.17, 15) is 15.0 Å². The zero-order valence-corrected chi connectivity index (χ0v) is 16.5. The number of hydrogen-bond donors (Lipinski definition) is 2. The number of rotatable bonds is 5. The fraction of sp³-hybridized carbons (Fsp3) is 0.0455. The van der Waals surface area contributed by atoms with Gasteiger partial charge in [-0.15, -0.1) is 5.10 Å². The molecule has 4 rings (SSSR count). The average Bonchev–Trinajstić information content (AvgIpc) is 3.35. The van der Waals surface area contributed by atoms with Crippen molar-refractivity contribution in [3.63, 3.8) is 0 Å². The second-order valence-corrected chi connectivity index (χ2v) is 7.34. The van der Waals surface area contributed by atoms with Crippen molar-refractivity contribution in [3.05, 3.63) is 88.7 Å². The Morgan fingerprint density at radius 3 is 2.33 bits per heavy atom. The highest BCUT2D eigenvalue weighted by atomic mass is 32.2. The van der Waals surface area contributed by atoms with E-state index >= 15 is 0 Å². The van der Waals surface area contributed by atoms with Gasteiger partial charge in [0.2, 0.25) is 0 Å². The molecule has 1 saturated heterocycles. The lowest BCUT2D eigenvalue weighted by molar-refractivity contribution is -0.122. The highest BCUT2D eigenvalue weighted by Gasteiger charge is 2.34. The molecule has 1 aliphatic heterocycles. The van der Waals surface area contributed by atoms with Crippen LogP contribution in [0.15, 0.2) is 86.5 Å². The normalized spacial score (nSPS) is 16.9. The smallest absolute Gasteiger partial charge is 0.267 e. The molecule has 2 aromatic carbocycles. The van der Waals surface area contributed by atoms with E-state index in [-0.39, 0.29) is 24.0 Å². The van der Waals surface area contributed by atoms with E-state index in [2.05, 4.69) is 10.2 Å². The topological polar surface area (TPSA) is 98.6 Å². The molecule has 0 saturated carbocycles. The number of phenols is 2. The van der Waals surface area contributed by atoms with E-state index in [1.807, 2.05) is 0 Å². The second kappa shape index (κ2) is 8.71. The predicted octanol–water partition coefficient (Wildman–Crippen LogP) is 4.20. The third-order valence-electron chi connectivity index (χ3n) is 4.28. The Hall–Kier alpha value is -3.78. The van der Waals surface area contributed by atoms with Crippen LogP contribution in [0.3, 0.4) is 0 Å². The lowest BCUT2D eigenvalue weighted by Crippen LogP contribution is -2.28. The van der Waals surface area contributed by atoms with Crippen LogP contribution in [0.2, 0.25) is 0 Å². The number of carbonyl (C=O) groups is 1. The molecule has 8 heteroatoms. The Balaban J connectivity index is 1.65. The van der Waals surface area contributed by atoms with Gasteiger partial charge in [0.05, 0.1) is 23.9 Å². The summed E-state index contributed by atoms with van der Waals surface area (Å²) in [6.07, 6.45) is 4.57. The molecule has 0 atom stereocenters. The SMILES string of the molecule is O=C1/C(=C/c2ccccc2O)S/C(=N/N=C\c2ccccc2O)N1Cc1ccco1. The van der Waals surface area contributed by atoms with Gasteiger partial charge in [0.25, 0.3) is 5.91 Å². The van der Waals surface area contributed by atoms with Gasteiger partial charge in [0.1, 0.15) is 17.3 Å². The van der Waals surface area contributed by atoms with Crippen molar-refractivity contribution in [2.24, 2.45) is 10.2 Å². The summed E-state index contributed by atoms with van der Waals surface area (Å²) in [5.41, 5.74) is 1.05.